The van der Waals surface area contributed by atoms with Gasteiger partial charge in [-0.25, -0.2) is 12.8 Å². The lowest BCUT2D eigenvalue weighted by Crippen LogP contribution is -2.14. The molecule has 8 heteroatoms. The molecule has 0 aliphatic rings. The maximum atomic E-state index is 13.6. The first-order valence-corrected chi connectivity index (χ1v) is 7.95. The maximum absolute atomic E-state index is 13.6. The van der Waals surface area contributed by atoms with E-state index < -0.39 is 25.8 Å². The minimum Gasteiger partial charge on any atom is -0.392 e. The molecule has 0 atom stereocenters. The summed E-state index contributed by atoms with van der Waals surface area (Å²) in [4.78, 5) is -0.416. The Balaban J connectivity index is 2.41. The summed E-state index contributed by atoms with van der Waals surface area (Å²) < 4.78 is 40.3. The van der Waals surface area contributed by atoms with Crippen molar-refractivity contribution in [3.05, 3.63) is 57.8 Å². The number of hydrogen-bond donors (Lipinski definition) is 2. The summed E-state index contributed by atoms with van der Waals surface area (Å²) in [6.07, 6.45) is 0. The molecule has 0 amide bonds. The van der Waals surface area contributed by atoms with Gasteiger partial charge in [-0.2, -0.15) is 0 Å². The van der Waals surface area contributed by atoms with E-state index in [-0.39, 0.29) is 17.3 Å². The van der Waals surface area contributed by atoms with Crippen LogP contribution in [0.1, 0.15) is 5.56 Å². The smallest absolute Gasteiger partial charge is 0.263 e. The van der Waals surface area contributed by atoms with E-state index in [4.69, 9.17) is 28.3 Å². The minimum atomic E-state index is -4.07. The molecular formula is C13H10Cl2FNO3S. The summed E-state index contributed by atoms with van der Waals surface area (Å²) in [5.74, 6) is -0.995. The molecule has 0 saturated carbocycles. The van der Waals surface area contributed by atoms with Gasteiger partial charge < -0.3 is 5.11 Å². The summed E-state index contributed by atoms with van der Waals surface area (Å²) in [6, 6.07) is 8.39. The van der Waals surface area contributed by atoms with Gasteiger partial charge in [-0.1, -0.05) is 35.3 Å². The van der Waals surface area contributed by atoms with Crippen LogP contribution in [0.2, 0.25) is 10.0 Å². The van der Waals surface area contributed by atoms with Crippen molar-refractivity contribution in [2.24, 2.45) is 0 Å². The van der Waals surface area contributed by atoms with Crippen molar-refractivity contribution in [2.45, 2.75) is 11.5 Å². The average Bonchev–Trinajstić information content (AvgIpc) is 2.44. The highest BCUT2D eigenvalue weighted by molar-refractivity contribution is 7.92. The number of rotatable bonds is 4. The van der Waals surface area contributed by atoms with Crippen molar-refractivity contribution in [2.75, 3.05) is 4.72 Å². The predicted molar refractivity (Wildman–Crippen MR) is 79.6 cm³/mol. The molecule has 0 bridgehead atoms. The highest BCUT2D eigenvalue weighted by Crippen LogP contribution is 2.30. The van der Waals surface area contributed by atoms with E-state index >= 15 is 0 Å². The summed E-state index contributed by atoms with van der Waals surface area (Å²) >= 11 is 11.2. The number of sulfonamides is 1. The van der Waals surface area contributed by atoms with Crippen molar-refractivity contribution in [1.29, 1.82) is 0 Å². The summed E-state index contributed by atoms with van der Waals surface area (Å²) in [6.45, 7) is -0.230. The van der Waals surface area contributed by atoms with Crippen LogP contribution in [-0.4, -0.2) is 13.5 Å². The molecule has 2 N–H and O–H groups in total. The second kappa shape index (κ2) is 6.19. The van der Waals surface area contributed by atoms with Crippen LogP contribution in [0.5, 0.6) is 0 Å². The molecule has 0 unspecified atom stereocenters. The van der Waals surface area contributed by atoms with Gasteiger partial charge in [0.25, 0.3) is 10.0 Å². The van der Waals surface area contributed by atoms with Crippen LogP contribution in [0, 0.1) is 5.82 Å². The molecule has 2 rings (SSSR count). The number of halogens is 3. The lowest BCUT2D eigenvalue weighted by molar-refractivity contribution is 0.282. The Morgan fingerprint density at radius 1 is 1.19 bits per heavy atom. The van der Waals surface area contributed by atoms with E-state index in [1.165, 1.54) is 12.1 Å². The number of nitrogens with one attached hydrogen (secondary N) is 1. The van der Waals surface area contributed by atoms with E-state index in [9.17, 15) is 12.8 Å². The van der Waals surface area contributed by atoms with E-state index in [0.717, 1.165) is 12.1 Å². The van der Waals surface area contributed by atoms with Crippen LogP contribution in [0.25, 0.3) is 0 Å². The molecule has 112 valence electrons. The Morgan fingerprint density at radius 3 is 2.57 bits per heavy atom. The highest BCUT2D eigenvalue weighted by atomic mass is 35.5. The number of anilines is 1. The summed E-state index contributed by atoms with van der Waals surface area (Å²) in [5.41, 5.74) is 0.761. The lowest BCUT2D eigenvalue weighted by atomic mass is 10.2. The molecule has 4 nitrogen and oxygen atoms in total. The molecule has 0 fully saturated rings. The second-order valence-corrected chi connectivity index (χ2v) is 6.57. The van der Waals surface area contributed by atoms with Gasteiger partial charge in [-0.05, 0) is 29.8 Å². The van der Waals surface area contributed by atoms with Gasteiger partial charge in [0.2, 0.25) is 0 Å². The van der Waals surface area contributed by atoms with E-state index in [1.807, 2.05) is 0 Å². The van der Waals surface area contributed by atoms with Gasteiger partial charge >= 0.3 is 0 Å². The monoisotopic (exact) mass is 349 g/mol. The zero-order chi connectivity index (χ0) is 15.6. The van der Waals surface area contributed by atoms with Gasteiger partial charge in [0.15, 0.2) is 5.82 Å². The van der Waals surface area contributed by atoms with E-state index in [1.54, 1.807) is 12.1 Å². The van der Waals surface area contributed by atoms with Crippen molar-refractivity contribution in [3.8, 4) is 0 Å². The molecule has 2 aromatic carbocycles. The van der Waals surface area contributed by atoms with Gasteiger partial charge in [-0.3, -0.25) is 4.72 Å². The fourth-order valence-corrected chi connectivity index (χ4v) is 3.45. The van der Waals surface area contributed by atoms with Gasteiger partial charge in [0.1, 0.15) is 4.90 Å². The maximum Gasteiger partial charge on any atom is 0.263 e. The Morgan fingerprint density at radius 2 is 1.90 bits per heavy atom. The van der Waals surface area contributed by atoms with Crippen molar-refractivity contribution in [1.82, 2.24) is 0 Å². The molecule has 0 saturated heterocycles. The van der Waals surface area contributed by atoms with Crippen LogP contribution in [0.15, 0.2) is 41.3 Å². The van der Waals surface area contributed by atoms with Gasteiger partial charge in [-0.15, -0.1) is 0 Å². The molecule has 0 spiro atoms. The SMILES string of the molecule is O=S(=O)(Nc1cccc(CO)c1)c1ccc(Cl)c(F)c1Cl. The Bertz CT molecular complexity index is 781. The average molecular weight is 350 g/mol. The number of aliphatic hydroxyl groups excluding tert-OH is 1. The third-order valence-corrected chi connectivity index (χ3v) is 4.85. The largest absolute Gasteiger partial charge is 0.392 e. The van der Waals surface area contributed by atoms with Crippen LogP contribution >= 0.6 is 23.2 Å². The normalized spacial score (nSPS) is 11.4. The predicted octanol–water partition coefficient (Wildman–Crippen LogP) is 3.43. The molecule has 21 heavy (non-hydrogen) atoms. The fourth-order valence-electron chi connectivity index (χ4n) is 1.66. The summed E-state index contributed by atoms with van der Waals surface area (Å²) in [5, 5.41) is 8.19. The van der Waals surface area contributed by atoms with E-state index in [0.29, 0.717) is 5.56 Å². The van der Waals surface area contributed by atoms with Crippen LogP contribution < -0.4 is 4.72 Å². The van der Waals surface area contributed by atoms with E-state index in [2.05, 4.69) is 4.72 Å². The molecule has 0 aliphatic heterocycles. The second-order valence-electron chi connectivity index (χ2n) is 4.14. The van der Waals surface area contributed by atoms with Crippen molar-refractivity contribution in [3.63, 3.8) is 0 Å². The Labute approximate surface area is 131 Å². The molecule has 0 aromatic heterocycles. The molecule has 0 radical (unpaired) electrons. The molecule has 0 heterocycles. The van der Waals surface area contributed by atoms with Gasteiger partial charge in [0.05, 0.1) is 16.7 Å². The first kappa shape index (κ1) is 16.0. The van der Waals surface area contributed by atoms with Crippen LogP contribution in [0.3, 0.4) is 0 Å². The molecule has 0 aliphatic carbocycles. The van der Waals surface area contributed by atoms with Gasteiger partial charge in [0, 0.05) is 5.69 Å². The Hall–Kier alpha value is -1.34. The quantitative estimate of drug-likeness (QED) is 0.831. The standard InChI is InChI=1S/C13H10Cl2FNO3S/c14-10-4-5-11(12(15)13(10)16)21(19,20)17-9-3-1-2-8(6-9)7-18/h1-6,17-18H,7H2. The highest BCUT2D eigenvalue weighted by Gasteiger charge is 2.22. The summed E-state index contributed by atoms with van der Waals surface area (Å²) in [7, 11) is -4.07. The van der Waals surface area contributed by atoms with Crippen molar-refractivity contribution >= 4 is 38.9 Å². The fraction of sp³-hybridized carbons (Fsp3) is 0.0769. The number of hydrogen-bond acceptors (Lipinski definition) is 3. The third kappa shape index (κ3) is 3.47. The van der Waals surface area contributed by atoms with Crippen molar-refractivity contribution < 1.29 is 17.9 Å². The molecular weight excluding hydrogens is 340 g/mol. The Kier molecular flexibility index (Phi) is 4.73. The van der Waals surface area contributed by atoms with Crippen LogP contribution in [0.4, 0.5) is 10.1 Å². The number of aliphatic hydroxyl groups is 1. The zero-order valence-electron chi connectivity index (χ0n) is 10.5. The minimum absolute atomic E-state index is 0.230. The topological polar surface area (TPSA) is 66.4 Å². The molecule has 2 aromatic rings. The first-order chi connectivity index (χ1) is 9.85. The van der Waals surface area contributed by atoms with Crippen LogP contribution in [-0.2, 0) is 16.6 Å². The first-order valence-electron chi connectivity index (χ1n) is 5.71. The number of benzene rings is 2. The zero-order valence-corrected chi connectivity index (χ0v) is 12.8. The third-order valence-electron chi connectivity index (χ3n) is 2.65. The lowest BCUT2D eigenvalue weighted by Gasteiger charge is -2.11.